The Morgan fingerprint density at radius 2 is 2.00 bits per heavy atom. The van der Waals surface area contributed by atoms with E-state index in [-0.39, 0.29) is 0 Å². The number of rotatable bonds is 3. The van der Waals surface area contributed by atoms with E-state index in [9.17, 15) is 0 Å². The summed E-state index contributed by atoms with van der Waals surface area (Å²) in [6.45, 7) is 0.698. The van der Waals surface area contributed by atoms with Crippen LogP contribution in [0.1, 0.15) is 5.56 Å². The molecule has 14 heavy (non-hydrogen) atoms. The van der Waals surface area contributed by atoms with E-state index in [4.69, 9.17) is 5.73 Å². The average molecular weight is 187 g/mol. The molecule has 0 unspecified atom stereocenters. The van der Waals surface area contributed by atoms with Crippen molar-refractivity contribution in [2.24, 2.45) is 5.73 Å². The molecule has 2 rings (SSSR count). The summed E-state index contributed by atoms with van der Waals surface area (Å²) >= 11 is 0. The fraction of sp³-hybridized carbons (Fsp3) is 0.182. The van der Waals surface area contributed by atoms with E-state index < -0.39 is 0 Å². The van der Waals surface area contributed by atoms with Gasteiger partial charge >= 0.3 is 0 Å². The van der Waals surface area contributed by atoms with Crippen LogP contribution in [0.2, 0.25) is 0 Å². The maximum atomic E-state index is 5.48. The molecular formula is C11H13N3. The SMILES string of the molecule is NCCc1ccc(-c2cnc[nH]2)cc1. The van der Waals surface area contributed by atoms with Crippen LogP contribution in [0.25, 0.3) is 11.3 Å². The van der Waals surface area contributed by atoms with Crippen molar-refractivity contribution in [1.29, 1.82) is 0 Å². The number of benzene rings is 1. The topological polar surface area (TPSA) is 54.7 Å². The van der Waals surface area contributed by atoms with Gasteiger partial charge in [0, 0.05) is 0 Å². The second-order valence-corrected chi connectivity index (χ2v) is 3.20. The van der Waals surface area contributed by atoms with Gasteiger partial charge in [-0.1, -0.05) is 24.3 Å². The highest BCUT2D eigenvalue weighted by Gasteiger charge is 1.97. The fourth-order valence-electron chi connectivity index (χ4n) is 1.43. The highest BCUT2D eigenvalue weighted by molar-refractivity contribution is 5.58. The molecule has 3 nitrogen and oxygen atoms in total. The Labute approximate surface area is 83.0 Å². The Balaban J connectivity index is 2.22. The van der Waals surface area contributed by atoms with Crippen LogP contribution in [0, 0.1) is 0 Å². The summed E-state index contributed by atoms with van der Waals surface area (Å²) in [6.07, 6.45) is 4.43. The molecular weight excluding hydrogens is 174 g/mol. The standard InChI is InChI=1S/C11H13N3/c12-6-5-9-1-3-10(4-2-9)11-7-13-8-14-11/h1-4,7-8H,5-6,12H2,(H,13,14). The van der Waals surface area contributed by atoms with Gasteiger partial charge in [0.1, 0.15) is 0 Å². The van der Waals surface area contributed by atoms with E-state index in [1.54, 1.807) is 6.33 Å². The zero-order valence-corrected chi connectivity index (χ0v) is 7.90. The predicted octanol–water partition coefficient (Wildman–Crippen LogP) is 1.58. The summed E-state index contributed by atoms with van der Waals surface area (Å²) in [5.41, 5.74) is 8.95. The number of nitrogens with two attached hydrogens (primary N) is 1. The quantitative estimate of drug-likeness (QED) is 0.766. The van der Waals surface area contributed by atoms with Gasteiger partial charge in [-0.3, -0.25) is 0 Å². The van der Waals surface area contributed by atoms with E-state index in [1.165, 1.54) is 5.56 Å². The van der Waals surface area contributed by atoms with Crippen molar-refractivity contribution in [3.05, 3.63) is 42.4 Å². The molecule has 0 aliphatic heterocycles. The normalized spacial score (nSPS) is 10.4. The molecule has 1 heterocycles. The molecule has 72 valence electrons. The lowest BCUT2D eigenvalue weighted by molar-refractivity contribution is 0.969. The fourth-order valence-corrected chi connectivity index (χ4v) is 1.43. The van der Waals surface area contributed by atoms with Gasteiger partial charge in [0.15, 0.2) is 0 Å². The summed E-state index contributed by atoms with van der Waals surface area (Å²) < 4.78 is 0. The summed E-state index contributed by atoms with van der Waals surface area (Å²) in [5.74, 6) is 0. The van der Waals surface area contributed by atoms with Gasteiger partial charge in [0.25, 0.3) is 0 Å². The Morgan fingerprint density at radius 3 is 2.57 bits per heavy atom. The minimum absolute atomic E-state index is 0.698. The molecule has 0 amide bonds. The molecule has 3 N–H and O–H groups in total. The Hall–Kier alpha value is -1.61. The highest BCUT2D eigenvalue weighted by atomic mass is 14.9. The Kier molecular flexibility index (Phi) is 2.60. The van der Waals surface area contributed by atoms with Crippen molar-refractivity contribution in [3.63, 3.8) is 0 Å². The average Bonchev–Trinajstić information content (AvgIpc) is 2.72. The third-order valence-corrected chi connectivity index (χ3v) is 2.20. The number of hydrogen-bond acceptors (Lipinski definition) is 2. The monoisotopic (exact) mass is 187 g/mol. The van der Waals surface area contributed by atoms with E-state index in [0.717, 1.165) is 17.7 Å². The predicted molar refractivity (Wildman–Crippen MR) is 56.8 cm³/mol. The smallest absolute Gasteiger partial charge is 0.0924 e. The van der Waals surface area contributed by atoms with E-state index >= 15 is 0 Å². The lowest BCUT2D eigenvalue weighted by Gasteiger charge is -2.00. The highest BCUT2D eigenvalue weighted by Crippen LogP contribution is 2.16. The van der Waals surface area contributed by atoms with Crippen LogP contribution >= 0.6 is 0 Å². The van der Waals surface area contributed by atoms with E-state index in [0.29, 0.717) is 6.54 Å². The first kappa shape index (κ1) is 8.97. The van der Waals surface area contributed by atoms with Crippen molar-refractivity contribution in [2.75, 3.05) is 6.54 Å². The van der Waals surface area contributed by atoms with E-state index in [2.05, 4.69) is 34.2 Å². The van der Waals surface area contributed by atoms with Crippen molar-refractivity contribution in [1.82, 2.24) is 9.97 Å². The molecule has 0 saturated heterocycles. The summed E-state index contributed by atoms with van der Waals surface area (Å²) in [5, 5.41) is 0. The molecule has 0 radical (unpaired) electrons. The third-order valence-electron chi connectivity index (χ3n) is 2.20. The van der Waals surface area contributed by atoms with Crippen molar-refractivity contribution in [2.45, 2.75) is 6.42 Å². The lowest BCUT2D eigenvalue weighted by Crippen LogP contribution is -2.02. The number of aromatic amines is 1. The van der Waals surface area contributed by atoms with Gasteiger partial charge in [-0.15, -0.1) is 0 Å². The molecule has 0 atom stereocenters. The third kappa shape index (κ3) is 1.83. The number of nitrogens with one attached hydrogen (secondary N) is 1. The number of hydrogen-bond donors (Lipinski definition) is 2. The van der Waals surface area contributed by atoms with Crippen LogP contribution in [0.3, 0.4) is 0 Å². The molecule has 1 aromatic heterocycles. The minimum Gasteiger partial charge on any atom is -0.345 e. The largest absolute Gasteiger partial charge is 0.345 e. The van der Waals surface area contributed by atoms with Crippen molar-refractivity contribution in [3.8, 4) is 11.3 Å². The molecule has 0 aliphatic carbocycles. The molecule has 2 aromatic rings. The Bertz CT molecular complexity index is 375. The Morgan fingerprint density at radius 1 is 1.21 bits per heavy atom. The van der Waals surface area contributed by atoms with Gasteiger partial charge in [0.05, 0.1) is 18.2 Å². The van der Waals surface area contributed by atoms with Gasteiger partial charge < -0.3 is 10.7 Å². The van der Waals surface area contributed by atoms with Gasteiger partial charge in [-0.2, -0.15) is 0 Å². The lowest BCUT2D eigenvalue weighted by atomic mass is 10.1. The van der Waals surface area contributed by atoms with Gasteiger partial charge in [-0.05, 0) is 24.1 Å². The van der Waals surface area contributed by atoms with Crippen LogP contribution in [-0.2, 0) is 6.42 Å². The number of H-pyrrole nitrogens is 1. The summed E-state index contributed by atoms with van der Waals surface area (Å²) in [4.78, 5) is 7.05. The molecule has 0 spiro atoms. The minimum atomic E-state index is 0.698. The second kappa shape index (κ2) is 4.07. The molecule has 0 fully saturated rings. The van der Waals surface area contributed by atoms with Crippen molar-refractivity contribution >= 4 is 0 Å². The van der Waals surface area contributed by atoms with Crippen LogP contribution in [0.15, 0.2) is 36.8 Å². The summed E-state index contributed by atoms with van der Waals surface area (Å²) in [7, 11) is 0. The molecule has 0 aliphatic rings. The number of nitrogens with zero attached hydrogens (tertiary/aromatic N) is 1. The zero-order valence-electron chi connectivity index (χ0n) is 7.90. The molecule has 3 heteroatoms. The first-order valence-electron chi connectivity index (χ1n) is 4.68. The number of imidazole rings is 1. The van der Waals surface area contributed by atoms with Crippen LogP contribution in [0.5, 0.6) is 0 Å². The zero-order chi connectivity index (χ0) is 9.80. The van der Waals surface area contributed by atoms with Gasteiger partial charge in [-0.25, -0.2) is 4.98 Å². The maximum Gasteiger partial charge on any atom is 0.0924 e. The first-order valence-corrected chi connectivity index (χ1v) is 4.68. The molecule has 1 aromatic carbocycles. The first-order chi connectivity index (χ1) is 6.90. The van der Waals surface area contributed by atoms with Crippen LogP contribution < -0.4 is 5.73 Å². The van der Waals surface area contributed by atoms with E-state index in [1.807, 2.05) is 6.20 Å². The molecule has 0 bridgehead atoms. The maximum absolute atomic E-state index is 5.48. The van der Waals surface area contributed by atoms with Gasteiger partial charge in [0.2, 0.25) is 0 Å². The van der Waals surface area contributed by atoms with Crippen LogP contribution in [0.4, 0.5) is 0 Å². The number of aromatic nitrogens is 2. The van der Waals surface area contributed by atoms with Crippen molar-refractivity contribution < 1.29 is 0 Å². The van der Waals surface area contributed by atoms with Crippen LogP contribution in [-0.4, -0.2) is 16.5 Å². The summed E-state index contributed by atoms with van der Waals surface area (Å²) in [6, 6.07) is 8.36. The second-order valence-electron chi connectivity index (χ2n) is 3.20. The molecule has 0 saturated carbocycles.